The van der Waals surface area contributed by atoms with Crippen LogP contribution in [0.25, 0.3) is 17.0 Å². The molecule has 0 unspecified atom stereocenters. The number of benzene rings is 1. The number of H-pyrrole nitrogens is 1. The highest BCUT2D eigenvalue weighted by molar-refractivity contribution is 9.12. The number of fused-ring (bicyclic) bond motifs is 1. The fourth-order valence-corrected chi connectivity index (χ4v) is 1.91. The lowest BCUT2D eigenvalue weighted by molar-refractivity contribution is -0.135. The number of methoxy groups -OCH3 is 1. The SMILES string of the molecule is COC(=O)/C(Br)=C/c1c[nH]c2ccccc12. The van der Waals surface area contributed by atoms with Gasteiger partial charge < -0.3 is 9.72 Å². The van der Waals surface area contributed by atoms with E-state index in [9.17, 15) is 4.79 Å². The molecule has 0 spiro atoms. The number of rotatable bonds is 2. The van der Waals surface area contributed by atoms with E-state index >= 15 is 0 Å². The van der Waals surface area contributed by atoms with Crippen LogP contribution >= 0.6 is 15.9 Å². The largest absolute Gasteiger partial charge is 0.465 e. The summed E-state index contributed by atoms with van der Waals surface area (Å²) in [5, 5.41) is 1.07. The Bertz CT molecular complexity index is 557. The fraction of sp³-hybridized carbons (Fsp3) is 0.0833. The summed E-state index contributed by atoms with van der Waals surface area (Å²) < 4.78 is 5.01. The number of aromatic amines is 1. The normalized spacial score (nSPS) is 11.8. The number of esters is 1. The molecule has 1 aromatic heterocycles. The second kappa shape index (κ2) is 4.53. The van der Waals surface area contributed by atoms with E-state index in [0.29, 0.717) is 4.48 Å². The second-order valence-corrected chi connectivity index (χ2v) is 4.13. The zero-order valence-corrected chi connectivity index (χ0v) is 10.2. The molecule has 1 aromatic carbocycles. The number of carbonyl (C=O) groups is 1. The van der Waals surface area contributed by atoms with Gasteiger partial charge in [-0.05, 0) is 28.1 Å². The molecule has 1 heterocycles. The van der Waals surface area contributed by atoms with Crippen LogP contribution in [0.4, 0.5) is 0 Å². The lowest BCUT2D eigenvalue weighted by atomic mass is 10.1. The Hall–Kier alpha value is -1.55. The van der Waals surface area contributed by atoms with Gasteiger partial charge in [0.15, 0.2) is 0 Å². The first-order chi connectivity index (χ1) is 7.72. The van der Waals surface area contributed by atoms with Crippen LogP contribution < -0.4 is 0 Å². The van der Waals surface area contributed by atoms with E-state index in [0.717, 1.165) is 16.5 Å². The van der Waals surface area contributed by atoms with Gasteiger partial charge in [-0.3, -0.25) is 0 Å². The monoisotopic (exact) mass is 279 g/mol. The smallest absolute Gasteiger partial charge is 0.344 e. The summed E-state index contributed by atoms with van der Waals surface area (Å²) in [4.78, 5) is 14.4. The first kappa shape index (κ1) is 11.0. The van der Waals surface area contributed by atoms with Crippen molar-refractivity contribution in [2.75, 3.05) is 7.11 Å². The van der Waals surface area contributed by atoms with Gasteiger partial charge in [0.05, 0.1) is 7.11 Å². The van der Waals surface area contributed by atoms with Crippen molar-refractivity contribution in [1.29, 1.82) is 0 Å². The molecule has 16 heavy (non-hydrogen) atoms. The van der Waals surface area contributed by atoms with Crippen molar-refractivity contribution in [1.82, 2.24) is 4.98 Å². The maximum Gasteiger partial charge on any atom is 0.344 e. The number of aromatic nitrogens is 1. The van der Waals surface area contributed by atoms with Gasteiger partial charge in [-0.2, -0.15) is 0 Å². The Balaban J connectivity index is 2.45. The Labute approximate surface area is 101 Å². The van der Waals surface area contributed by atoms with Crippen LogP contribution in [0, 0.1) is 0 Å². The molecule has 2 rings (SSSR count). The molecule has 0 fully saturated rings. The number of hydrogen-bond acceptors (Lipinski definition) is 2. The van der Waals surface area contributed by atoms with Crippen molar-refractivity contribution in [2.45, 2.75) is 0 Å². The molecule has 1 N–H and O–H groups in total. The van der Waals surface area contributed by atoms with Crippen LogP contribution in [0.3, 0.4) is 0 Å². The molecule has 2 aromatic rings. The lowest BCUT2D eigenvalue weighted by Gasteiger charge is -1.96. The molecule has 3 nitrogen and oxygen atoms in total. The molecule has 0 aliphatic carbocycles. The predicted molar refractivity (Wildman–Crippen MR) is 67.2 cm³/mol. The summed E-state index contributed by atoms with van der Waals surface area (Å²) in [5.74, 6) is -0.384. The topological polar surface area (TPSA) is 42.1 Å². The first-order valence-electron chi connectivity index (χ1n) is 4.74. The molecule has 0 aliphatic heterocycles. The second-order valence-electron chi connectivity index (χ2n) is 3.27. The average molecular weight is 280 g/mol. The number of nitrogens with one attached hydrogen (secondary N) is 1. The van der Waals surface area contributed by atoms with Gasteiger partial charge in [-0.15, -0.1) is 0 Å². The number of halogens is 1. The lowest BCUT2D eigenvalue weighted by Crippen LogP contribution is -1.98. The van der Waals surface area contributed by atoms with E-state index in [1.807, 2.05) is 30.5 Å². The third-order valence-electron chi connectivity index (χ3n) is 2.28. The minimum absolute atomic E-state index is 0.384. The fourth-order valence-electron chi connectivity index (χ4n) is 1.51. The van der Waals surface area contributed by atoms with Gasteiger partial charge in [0.25, 0.3) is 0 Å². The highest BCUT2D eigenvalue weighted by atomic mass is 79.9. The molecule has 0 atom stereocenters. The van der Waals surface area contributed by atoms with Crippen LogP contribution in [-0.2, 0) is 9.53 Å². The average Bonchev–Trinajstić information content (AvgIpc) is 2.72. The summed E-state index contributed by atoms with van der Waals surface area (Å²) in [7, 11) is 1.35. The third kappa shape index (κ3) is 2.02. The van der Waals surface area contributed by atoms with Crippen molar-refractivity contribution in [3.05, 3.63) is 40.5 Å². The minimum atomic E-state index is -0.384. The van der Waals surface area contributed by atoms with E-state index in [2.05, 4.69) is 25.7 Å². The summed E-state index contributed by atoms with van der Waals surface area (Å²) in [6.07, 6.45) is 3.60. The quantitative estimate of drug-likeness (QED) is 0.678. The number of ether oxygens (including phenoxy) is 1. The van der Waals surface area contributed by atoms with Gasteiger partial charge in [0, 0.05) is 22.7 Å². The van der Waals surface area contributed by atoms with Gasteiger partial charge in [0.2, 0.25) is 0 Å². The highest BCUT2D eigenvalue weighted by Crippen LogP contribution is 2.22. The van der Waals surface area contributed by atoms with Crippen molar-refractivity contribution in [3.8, 4) is 0 Å². The van der Waals surface area contributed by atoms with E-state index in [1.54, 1.807) is 6.08 Å². The molecule has 0 aliphatic rings. The molecule has 0 saturated heterocycles. The van der Waals surface area contributed by atoms with Crippen LogP contribution in [0.15, 0.2) is 34.9 Å². The van der Waals surface area contributed by atoms with Gasteiger partial charge in [0.1, 0.15) is 4.48 Å². The zero-order valence-electron chi connectivity index (χ0n) is 8.66. The summed E-state index contributed by atoms with van der Waals surface area (Å²) in [5.41, 5.74) is 1.99. The molecule has 0 bridgehead atoms. The van der Waals surface area contributed by atoms with E-state index in [1.165, 1.54) is 7.11 Å². The van der Waals surface area contributed by atoms with Crippen LogP contribution in [0.1, 0.15) is 5.56 Å². The van der Waals surface area contributed by atoms with Crippen molar-refractivity contribution in [2.24, 2.45) is 0 Å². The van der Waals surface area contributed by atoms with E-state index < -0.39 is 0 Å². The molecule has 4 heteroatoms. The third-order valence-corrected chi connectivity index (χ3v) is 2.84. The van der Waals surface area contributed by atoms with Crippen LogP contribution in [0.2, 0.25) is 0 Å². The molecule has 82 valence electrons. The summed E-state index contributed by atoms with van der Waals surface area (Å²) in [6, 6.07) is 7.90. The van der Waals surface area contributed by atoms with Crippen molar-refractivity contribution >= 4 is 38.9 Å². The maximum absolute atomic E-state index is 11.2. The highest BCUT2D eigenvalue weighted by Gasteiger charge is 2.07. The molecular weight excluding hydrogens is 270 g/mol. The number of carbonyl (C=O) groups excluding carboxylic acids is 1. The Morgan fingerprint density at radius 1 is 1.44 bits per heavy atom. The summed E-state index contributed by atoms with van der Waals surface area (Å²) in [6.45, 7) is 0. The van der Waals surface area contributed by atoms with Gasteiger partial charge in [-0.25, -0.2) is 4.79 Å². The van der Waals surface area contributed by atoms with Gasteiger partial charge >= 0.3 is 5.97 Å². The Kier molecular flexibility index (Phi) is 3.10. The standard InChI is InChI=1S/C12H10BrNO2/c1-16-12(15)10(13)6-8-7-14-11-5-3-2-4-9(8)11/h2-7,14H,1H3/b10-6-. The first-order valence-corrected chi connectivity index (χ1v) is 5.53. The maximum atomic E-state index is 11.2. The van der Waals surface area contributed by atoms with Gasteiger partial charge in [-0.1, -0.05) is 18.2 Å². The van der Waals surface area contributed by atoms with E-state index in [-0.39, 0.29) is 5.97 Å². The van der Waals surface area contributed by atoms with Crippen molar-refractivity contribution < 1.29 is 9.53 Å². The number of hydrogen-bond donors (Lipinski definition) is 1. The molecule has 0 radical (unpaired) electrons. The van der Waals surface area contributed by atoms with Crippen LogP contribution in [0.5, 0.6) is 0 Å². The molecule has 0 saturated carbocycles. The number of para-hydroxylation sites is 1. The predicted octanol–water partition coefficient (Wildman–Crippen LogP) is 3.08. The zero-order chi connectivity index (χ0) is 11.5. The molecule has 0 amide bonds. The minimum Gasteiger partial charge on any atom is -0.465 e. The van der Waals surface area contributed by atoms with Crippen LogP contribution in [-0.4, -0.2) is 18.1 Å². The Morgan fingerprint density at radius 2 is 2.19 bits per heavy atom. The summed E-state index contributed by atoms with van der Waals surface area (Å²) >= 11 is 3.18. The molecular formula is C12H10BrNO2. The van der Waals surface area contributed by atoms with E-state index in [4.69, 9.17) is 0 Å². The Morgan fingerprint density at radius 3 is 2.94 bits per heavy atom. The van der Waals surface area contributed by atoms with Crippen molar-refractivity contribution in [3.63, 3.8) is 0 Å².